The third kappa shape index (κ3) is 6.17. The lowest BCUT2D eigenvalue weighted by Gasteiger charge is -2.12. The van der Waals surface area contributed by atoms with E-state index in [1.165, 1.54) is 12.8 Å². The van der Waals surface area contributed by atoms with Gasteiger partial charge in [0.05, 0.1) is 0 Å². The summed E-state index contributed by atoms with van der Waals surface area (Å²) in [6.07, 6.45) is 2.41. The third-order valence-electron chi connectivity index (χ3n) is 2.50. The Morgan fingerprint density at radius 2 is 2.12 bits per heavy atom. The highest BCUT2D eigenvalue weighted by Gasteiger charge is 1.97. The summed E-state index contributed by atoms with van der Waals surface area (Å²) in [6, 6.07) is 8.17. The van der Waals surface area contributed by atoms with E-state index in [9.17, 15) is 0 Å². The van der Waals surface area contributed by atoms with Crippen molar-refractivity contribution in [3.63, 3.8) is 0 Å². The van der Waals surface area contributed by atoms with Gasteiger partial charge in [-0.25, -0.2) is 0 Å². The molecule has 0 heterocycles. The third-order valence-corrected chi connectivity index (χ3v) is 2.50. The predicted octanol–water partition coefficient (Wildman–Crippen LogP) is 2.84. The van der Waals surface area contributed by atoms with E-state index in [1.54, 1.807) is 0 Å². The highest BCUT2D eigenvalue weighted by Crippen LogP contribution is 2.17. The highest BCUT2D eigenvalue weighted by molar-refractivity contribution is 5.48. The minimum absolute atomic E-state index is 0.728. The van der Waals surface area contributed by atoms with Crippen molar-refractivity contribution >= 4 is 5.69 Å². The zero-order valence-corrected chi connectivity index (χ0v) is 11.2. The molecule has 0 fully saturated rings. The normalized spacial score (nSPS) is 10.6. The van der Waals surface area contributed by atoms with Crippen molar-refractivity contribution in [1.82, 2.24) is 4.90 Å². The first kappa shape index (κ1) is 13.8. The number of likely N-dealkylation sites (N-methyl/N-ethyl adjacent to an activating group) is 1. The average molecular weight is 236 g/mol. The van der Waals surface area contributed by atoms with Gasteiger partial charge >= 0.3 is 0 Å². The number of nitrogens with zero attached hydrogens (tertiary/aromatic N) is 1. The van der Waals surface area contributed by atoms with Crippen molar-refractivity contribution in [1.29, 1.82) is 0 Å². The van der Waals surface area contributed by atoms with E-state index in [0.717, 1.165) is 31.1 Å². The Hall–Kier alpha value is -1.22. The van der Waals surface area contributed by atoms with E-state index in [2.05, 4.69) is 29.3 Å². The minimum Gasteiger partial charge on any atom is -0.492 e. The molecule has 0 spiro atoms. The van der Waals surface area contributed by atoms with Gasteiger partial charge in [0, 0.05) is 24.8 Å². The van der Waals surface area contributed by atoms with Gasteiger partial charge in [-0.2, -0.15) is 0 Å². The molecule has 3 heteroatoms. The summed E-state index contributed by atoms with van der Waals surface area (Å²) < 4.78 is 5.68. The number of ether oxygens (including phenoxy) is 1. The SMILES string of the molecule is CCCCNc1cccc(OCCN(C)C)c1. The Labute approximate surface area is 105 Å². The summed E-state index contributed by atoms with van der Waals surface area (Å²) in [6.45, 7) is 4.89. The first-order chi connectivity index (χ1) is 8.22. The molecule has 1 rings (SSSR count). The topological polar surface area (TPSA) is 24.5 Å². The molecule has 0 aromatic heterocycles. The van der Waals surface area contributed by atoms with Crippen molar-refractivity contribution in [2.75, 3.05) is 39.1 Å². The maximum absolute atomic E-state index is 5.68. The van der Waals surface area contributed by atoms with Crippen molar-refractivity contribution in [3.05, 3.63) is 24.3 Å². The fourth-order valence-corrected chi connectivity index (χ4v) is 1.45. The molecule has 0 saturated carbocycles. The summed E-state index contributed by atoms with van der Waals surface area (Å²) in [5, 5.41) is 3.39. The van der Waals surface area contributed by atoms with Crippen LogP contribution in [0.3, 0.4) is 0 Å². The van der Waals surface area contributed by atoms with Gasteiger partial charge in [0.1, 0.15) is 12.4 Å². The molecule has 0 atom stereocenters. The van der Waals surface area contributed by atoms with E-state index in [0.29, 0.717) is 0 Å². The van der Waals surface area contributed by atoms with E-state index in [1.807, 2.05) is 26.2 Å². The van der Waals surface area contributed by atoms with Gasteiger partial charge in [-0.1, -0.05) is 19.4 Å². The molecule has 1 aromatic carbocycles. The summed E-state index contributed by atoms with van der Waals surface area (Å²) in [7, 11) is 4.10. The Kier molecular flexibility index (Phi) is 6.48. The lowest BCUT2D eigenvalue weighted by atomic mass is 10.3. The van der Waals surface area contributed by atoms with Crippen molar-refractivity contribution in [2.24, 2.45) is 0 Å². The number of anilines is 1. The van der Waals surface area contributed by atoms with E-state index < -0.39 is 0 Å². The first-order valence-electron chi connectivity index (χ1n) is 6.34. The van der Waals surface area contributed by atoms with E-state index in [-0.39, 0.29) is 0 Å². The zero-order chi connectivity index (χ0) is 12.5. The minimum atomic E-state index is 0.728. The second-order valence-corrected chi connectivity index (χ2v) is 4.46. The van der Waals surface area contributed by atoms with Crippen LogP contribution >= 0.6 is 0 Å². The van der Waals surface area contributed by atoms with Crippen molar-refractivity contribution in [3.8, 4) is 5.75 Å². The summed E-state index contributed by atoms with van der Waals surface area (Å²) in [5.41, 5.74) is 1.14. The second kappa shape index (κ2) is 7.96. The van der Waals surface area contributed by atoms with Crippen LogP contribution in [-0.2, 0) is 0 Å². The standard InChI is InChI=1S/C14H24N2O/c1-4-5-9-15-13-7-6-8-14(12-13)17-11-10-16(2)3/h6-8,12,15H,4-5,9-11H2,1-3H3. The molecule has 1 aromatic rings. The van der Waals surface area contributed by atoms with Crippen LogP contribution in [0, 0.1) is 0 Å². The zero-order valence-electron chi connectivity index (χ0n) is 11.2. The number of rotatable bonds is 8. The molecule has 17 heavy (non-hydrogen) atoms. The molecule has 0 saturated heterocycles. The van der Waals surface area contributed by atoms with Crippen LogP contribution in [0.2, 0.25) is 0 Å². The lowest BCUT2D eigenvalue weighted by Crippen LogP contribution is -2.19. The van der Waals surface area contributed by atoms with Gasteiger partial charge < -0.3 is 15.0 Å². The highest BCUT2D eigenvalue weighted by atomic mass is 16.5. The molecule has 0 radical (unpaired) electrons. The molecule has 0 aliphatic carbocycles. The molecule has 3 nitrogen and oxygen atoms in total. The summed E-state index contributed by atoms with van der Waals surface area (Å²) in [4.78, 5) is 2.11. The smallest absolute Gasteiger partial charge is 0.121 e. The van der Waals surface area contributed by atoms with Crippen LogP contribution in [0.5, 0.6) is 5.75 Å². The first-order valence-corrected chi connectivity index (χ1v) is 6.34. The number of hydrogen-bond donors (Lipinski definition) is 1. The Balaban J connectivity index is 2.37. The number of unbranched alkanes of at least 4 members (excludes halogenated alkanes) is 1. The molecular weight excluding hydrogens is 212 g/mol. The maximum atomic E-state index is 5.68. The van der Waals surface area contributed by atoms with Gasteiger partial charge in [0.15, 0.2) is 0 Å². The predicted molar refractivity (Wildman–Crippen MR) is 73.9 cm³/mol. The number of hydrogen-bond acceptors (Lipinski definition) is 3. The quantitative estimate of drug-likeness (QED) is 0.702. The molecule has 0 aliphatic rings. The Morgan fingerprint density at radius 3 is 2.82 bits per heavy atom. The lowest BCUT2D eigenvalue weighted by molar-refractivity contribution is 0.261. The van der Waals surface area contributed by atoms with Gasteiger partial charge in [-0.15, -0.1) is 0 Å². The fraction of sp³-hybridized carbons (Fsp3) is 0.571. The van der Waals surface area contributed by atoms with E-state index in [4.69, 9.17) is 4.74 Å². The number of benzene rings is 1. The molecular formula is C14H24N2O. The van der Waals surface area contributed by atoms with Crippen molar-refractivity contribution in [2.45, 2.75) is 19.8 Å². The van der Waals surface area contributed by atoms with Gasteiger partial charge in [0.2, 0.25) is 0 Å². The molecule has 0 unspecified atom stereocenters. The molecule has 0 bridgehead atoms. The summed E-state index contributed by atoms with van der Waals surface area (Å²) >= 11 is 0. The molecule has 0 aliphatic heterocycles. The van der Waals surface area contributed by atoms with Gasteiger partial charge in [-0.05, 0) is 32.6 Å². The van der Waals surface area contributed by atoms with Crippen LogP contribution in [0.25, 0.3) is 0 Å². The molecule has 0 amide bonds. The Morgan fingerprint density at radius 1 is 1.29 bits per heavy atom. The van der Waals surface area contributed by atoms with Crippen LogP contribution in [-0.4, -0.2) is 38.7 Å². The summed E-state index contributed by atoms with van der Waals surface area (Å²) in [5.74, 6) is 0.938. The molecule has 1 N–H and O–H groups in total. The van der Waals surface area contributed by atoms with Crippen LogP contribution in [0.15, 0.2) is 24.3 Å². The van der Waals surface area contributed by atoms with E-state index >= 15 is 0 Å². The van der Waals surface area contributed by atoms with Gasteiger partial charge in [-0.3, -0.25) is 0 Å². The van der Waals surface area contributed by atoms with Crippen LogP contribution < -0.4 is 10.1 Å². The maximum Gasteiger partial charge on any atom is 0.121 e. The number of nitrogens with one attached hydrogen (secondary N) is 1. The van der Waals surface area contributed by atoms with Crippen molar-refractivity contribution < 1.29 is 4.74 Å². The fourth-order valence-electron chi connectivity index (χ4n) is 1.45. The van der Waals surface area contributed by atoms with Crippen LogP contribution in [0.1, 0.15) is 19.8 Å². The monoisotopic (exact) mass is 236 g/mol. The Bertz CT molecular complexity index is 313. The largest absolute Gasteiger partial charge is 0.492 e. The van der Waals surface area contributed by atoms with Crippen LogP contribution in [0.4, 0.5) is 5.69 Å². The average Bonchev–Trinajstić information content (AvgIpc) is 2.29. The molecule has 96 valence electrons. The van der Waals surface area contributed by atoms with Gasteiger partial charge in [0.25, 0.3) is 0 Å². The second-order valence-electron chi connectivity index (χ2n) is 4.46.